The third-order valence-corrected chi connectivity index (χ3v) is 3.46. The Hall–Kier alpha value is -1.88. The minimum Gasteiger partial charge on any atom is -0.383 e. The smallest absolute Gasteiger partial charge is 0.249 e. The zero-order valence-corrected chi connectivity index (χ0v) is 13.3. The van der Waals surface area contributed by atoms with Gasteiger partial charge in [-0.1, -0.05) is 44.2 Å². The topological polar surface area (TPSA) is 92.4 Å². The fourth-order valence-electron chi connectivity index (χ4n) is 2.26. The second-order valence-corrected chi connectivity index (χ2v) is 5.99. The molecule has 2 atom stereocenters. The highest BCUT2D eigenvalue weighted by molar-refractivity contribution is 5.88. The molecule has 1 aromatic carbocycles. The summed E-state index contributed by atoms with van der Waals surface area (Å²) in [6.45, 7) is 3.84. The van der Waals surface area contributed by atoms with Crippen molar-refractivity contribution in [3.8, 4) is 0 Å². The van der Waals surface area contributed by atoms with Gasteiger partial charge in [-0.05, 0) is 37.2 Å². The van der Waals surface area contributed by atoms with Crippen molar-refractivity contribution in [3.05, 3.63) is 35.9 Å². The minimum atomic E-state index is -1.10. The number of primary amides is 1. The van der Waals surface area contributed by atoms with Gasteiger partial charge in [0.05, 0.1) is 0 Å². The maximum absolute atomic E-state index is 11.9. The third-order valence-electron chi connectivity index (χ3n) is 3.46. The van der Waals surface area contributed by atoms with Crippen LogP contribution in [0.15, 0.2) is 30.3 Å². The first-order chi connectivity index (χ1) is 10.4. The van der Waals surface area contributed by atoms with Crippen LogP contribution in [0.1, 0.15) is 38.7 Å². The maximum atomic E-state index is 11.9. The van der Waals surface area contributed by atoms with Gasteiger partial charge >= 0.3 is 0 Å². The van der Waals surface area contributed by atoms with E-state index in [0.717, 1.165) is 12.8 Å². The van der Waals surface area contributed by atoms with Gasteiger partial charge in [0, 0.05) is 0 Å². The molecule has 4 N–H and O–H groups in total. The van der Waals surface area contributed by atoms with E-state index in [2.05, 4.69) is 5.32 Å². The molecule has 0 saturated carbocycles. The van der Waals surface area contributed by atoms with Crippen molar-refractivity contribution in [3.63, 3.8) is 0 Å². The lowest BCUT2D eigenvalue weighted by Gasteiger charge is -2.19. The first-order valence-corrected chi connectivity index (χ1v) is 7.71. The van der Waals surface area contributed by atoms with Crippen LogP contribution in [0.3, 0.4) is 0 Å². The summed E-state index contributed by atoms with van der Waals surface area (Å²) in [6.07, 6.45) is 1.27. The van der Waals surface area contributed by atoms with Gasteiger partial charge < -0.3 is 16.2 Å². The van der Waals surface area contributed by atoms with Crippen LogP contribution in [0, 0.1) is 5.92 Å². The van der Waals surface area contributed by atoms with Gasteiger partial charge in [0.15, 0.2) is 0 Å². The zero-order valence-electron chi connectivity index (χ0n) is 13.3. The minimum absolute atomic E-state index is 0.200. The number of hydrogen-bond acceptors (Lipinski definition) is 3. The number of nitrogens with two attached hydrogens (primary N) is 1. The summed E-state index contributed by atoms with van der Waals surface area (Å²) >= 11 is 0. The largest absolute Gasteiger partial charge is 0.383 e. The highest BCUT2D eigenvalue weighted by Gasteiger charge is 2.22. The van der Waals surface area contributed by atoms with Crippen molar-refractivity contribution >= 4 is 11.8 Å². The number of carbonyl (C=O) groups is 2. The Kier molecular flexibility index (Phi) is 7.60. The average molecular weight is 306 g/mol. The summed E-state index contributed by atoms with van der Waals surface area (Å²) in [5.41, 5.74) is 6.51. The van der Waals surface area contributed by atoms with E-state index in [0.29, 0.717) is 12.8 Å². The van der Waals surface area contributed by atoms with Crippen LogP contribution in [-0.4, -0.2) is 29.1 Å². The number of nitrogens with one attached hydrogen (secondary N) is 1. The summed E-state index contributed by atoms with van der Waals surface area (Å²) in [7, 11) is 0. The molecule has 0 aliphatic carbocycles. The van der Waals surface area contributed by atoms with Crippen molar-refractivity contribution < 1.29 is 14.7 Å². The van der Waals surface area contributed by atoms with Crippen molar-refractivity contribution in [1.29, 1.82) is 0 Å². The van der Waals surface area contributed by atoms with Crippen LogP contribution in [-0.2, 0) is 16.0 Å². The monoisotopic (exact) mass is 306 g/mol. The molecule has 0 aromatic heterocycles. The van der Waals surface area contributed by atoms with Gasteiger partial charge in [-0.25, -0.2) is 0 Å². The second-order valence-electron chi connectivity index (χ2n) is 5.99. The van der Waals surface area contributed by atoms with E-state index in [1.54, 1.807) is 0 Å². The predicted molar refractivity (Wildman–Crippen MR) is 86.0 cm³/mol. The van der Waals surface area contributed by atoms with Crippen LogP contribution in [0.25, 0.3) is 0 Å². The Labute approximate surface area is 131 Å². The fourth-order valence-corrected chi connectivity index (χ4v) is 2.26. The average Bonchev–Trinajstić information content (AvgIpc) is 2.46. The van der Waals surface area contributed by atoms with Crippen molar-refractivity contribution in [2.75, 3.05) is 0 Å². The molecule has 0 radical (unpaired) electrons. The summed E-state index contributed by atoms with van der Waals surface area (Å²) < 4.78 is 0. The Morgan fingerprint density at radius 3 is 2.41 bits per heavy atom. The molecule has 0 aliphatic heterocycles. The van der Waals surface area contributed by atoms with E-state index in [1.165, 1.54) is 5.56 Å². The van der Waals surface area contributed by atoms with Gasteiger partial charge in [0.2, 0.25) is 11.8 Å². The number of aliphatic hydroxyl groups is 1. The fraction of sp³-hybridized carbons (Fsp3) is 0.529. The van der Waals surface area contributed by atoms with E-state index in [9.17, 15) is 14.7 Å². The highest BCUT2D eigenvalue weighted by Crippen LogP contribution is 2.08. The first kappa shape index (κ1) is 18.2. The number of aliphatic hydroxyl groups excluding tert-OH is 1. The number of rotatable bonds is 9. The van der Waals surface area contributed by atoms with Crippen LogP contribution in [0.5, 0.6) is 0 Å². The Morgan fingerprint density at radius 2 is 1.86 bits per heavy atom. The Balaban J connectivity index is 2.45. The number of hydrogen-bond donors (Lipinski definition) is 3. The van der Waals surface area contributed by atoms with Crippen molar-refractivity contribution in [1.82, 2.24) is 5.32 Å². The molecule has 0 spiro atoms. The molecule has 0 heterocycles. The van der Waals surface area contributed by atoms with Gasteiger partial charge in [-0.3, -0.25) is 9.59 Å². The van der Waals surface area contributed by atoms with Crippen molar-refractivity contribution in [2.24, 2.45) is 11.7 Å². The number of carbonyl (C=O) groups excluding carboxylic acids is 2. The van der Waals surface area contributed by atoms with E-state index in [-0.39, 0.29) is 5.92 Å². The van der Waals surface area contributed by atoms with Gasteiger partial charge in [-0.2, -0.15) is 0 Å². The molecular weight excluding hydrogens is 280 g/mol. The van der Waals surface area contributed by atoms with E-state index in [1.807, 2.05) is 44.2 Å². The lowest BCUT2D eigenvalue weighted by molar-refractivity contribution is -0.133. The molecule has 0 saturated heterocycles. The molecule has 5 heteroatoms. The lowest BCUT2D eigenvalue weighted by Crippen LogP contribution is -2.48. The maximum Gasteiger partial charge on any atom is 0.249 e. The molecule has 22 heavy (non-hydrogen) atoms. The summed E-state index contributed by atoms with van der Waals surface area (Å²) in [5, 5.41) is 12.3. The van der Waals surface area contributed by atoms with Gasteiger partial charge in [0.25, 0.3) is 0 Å². The van der Waals surface area contributed by atoms with Crippen LogP contribution < -0.4 is 11.1 Å². The summed E-state index contributed by atoms with van der Waals surface area (Å²) in [4.78, 5) is 23.3. The van der Waals surface area contributed by atoms with Gasteiger partial charge in [-0.15, -0.1) is 0 Å². The van der Waals surface area contributed by atoms with E-state index < -0.39 is 24.0 Å². The van der Waals surface area contributed by atoms with Crippen LogP contribution in [0.4, 0.5) is 0 Å². The molecule has 0 bridgehead atoms. The summed E-state index contributed by atoms with van der Waals surface area (Å²) in [6, 6.07) is 9.18. The number of amides is 2. The lowest BCUT2D eigenvalue weighted by atomic mass is 10.0. The SMILES string of the molecule is CC(C)C[C@H](O)C(=O)N[C@@H](CCCc1ccccc1)C(N)=O. The third kappa shape index (κ3) is 6.72. The molecule has 1 rings (SSSR count). The Bertz CT molecular complexity index is 474. The van der Waals surface area contributed by atoms with E-state index >= 15 is 0 Å². The Morgan fingerprint density at radius 1 is 1.23 bits per heavy atom. The molecule has 1 aromatic rings. The highest BCUT2D eigenvalue weighted by atomic mass is 16.3. The molecule has 2 amide bonds. The second kappa shape index (κ2) is 9.20. The zero-order chi connectivity index (χ0) is 16.5. The molecule has 122 valence electrons. The normalized spacial score (nSPS) is 13.6. The summed E-state index contributed by atoms with van der Waals surface area (Å²) in [5.74, 6) is -0.902. The molecule has 5 nitrogen and oxygen atoms in total. The standard InChI is InChI=1S/C17H26N2O3/c1-12(2)11-15(20)17(22)19-14(16(18)21)10-6-9-13-7-4-3-5-8-13/h3-5,7-8,12,14-15,20H,6,9-11H2,1-2H3,(H2,18,21)(H,19,22)/t14-,15-/m0/s1. The molecular formula is C17H26N2O3. The van der Waals surface area contributed by atoms with Crippen LogP contribution >= 0.6 is 0 Å². The van der Waals surface area contributed by atoms with Crippen LogP contribution in [0.2, 0.25) is 0 Å². The van der Waals surface area contributed by atoms with E-state index in [4.69, 9.17) is 5.73 Å². The first-order valence-electron chi connectivity index (χ1n) is 7.71. The molecule has 0 aliphatic rings. The van der Waals surface area contributed by atoms with Gasteiger partial charge in [0.1, 0.15) is 12.1 Å². The number of benzene rings is 1. The molecule has 0 unspecified atom stereocenters. The number of aryl methyl sites for hydroxylation is 1. The molecule has 0 fully saturated rings. The quantitative estimate of drug-likeness (QED) is 0.643. The van der Waals surface area contributed by atoms with Crippen molar-refractivity contribution in [2.45, 2.75) is 51.7 Å². The predicted octanol–water partition coefficient (Wildman–Crippen LogP) is 1.39.